The van der Waals surface area contributed by atoms with E-state index in [4.69, 9.17) is 22.1 Å². The highest BCUT2D eigenvalue weighted by Gasteiger charge is 2.00. The minimum atomic E-state index is 0.331. The first-order valence-corrected chi connectivity index (χ1v) is 5.57. The van der Waals surface area contributed by atoms with Gasteiger partial charge in [-0.1, -0.05) is 17.7 Å². The molecule has 0 fully saturated rings. The topological polar surface area (TPSA) is 61.0 Å². The molecule has 0 saturated carbocycles. The van der Waals surface area contributed by atoms with Crippen LogP contribution in [0.25, 0.3) is 0 Å². The van der Waals surface area contributed by atoms with E-state index in [2.05, 4.69) is 9.97 Å². The van der Waals surface area contributed by atoms with Crippen molar-refractivity contribution in [3.8, 4) is 5.88 Å². The van der Waals surface area contributed by atoms with Gasteiger partial charge >= 0.3 is 0 Å². The van der Waals surface area contributed by atoms with Crippen LogP contribution in [0.15, 0.2) is 36.5 Å². The molecule has 5 heteroatoms. The van der Waals surface area contributed by atoms with Gasteiger partial charge in [-0.25, -0.2) is 4.98 Å². The molecule has 0 radical (unpaired) electrons. The molecule has 2 rings (SSSR count). The minimum absolute atomic E-state index is 0.331. The number of hydrogen-bond acceptors (Lipinski definition) is 4. The Bertz CT molecular complexity index is 470. The summed E-state index contributed by atoms with van der Waals surface area (Å²) in [5.74, 6) is 0.436. The summed E-state index contributed by atoms with van der Waals surface area (Å²) >= 11 is 5.76. The molecule has 4 nitrogen and oxygen atoms in total. The molecule has 0 bridgehead atoms. The minimum Gasteiger partial charge on any atom is -0.477 e. The molecule has 0 aliphatic rings. The van der Waals surface area contributed by atoms with E-state index in [1.54, 1.807) is 18.3 Å². The van der Waals surface area contributed by atoms with Gasteiger partial charge in [0, 0.05) is 30.1 Å². The van der Waals surface area contributed by atoms with Crippen molar-refractivity contribution >= 4 is 17.3 Å². The maximum Gasteiger partial charge on any atom is 0.216 e. The van der Waals surface area contributed by atoms with Gasteiger partial charge in [0.2, 0.25) is 5.88 Å². The Morgan fingerprint density at radius 1 is 1.29 bits per heavy atom. The van der Waals surface area contributed by atoms with Gasteiger partial charge in [-0.3, -0.25) is 4.98 Å². The van der Waals surface area contributed by atoms with Gasteiger partial charge in [-0.05, 0) is 18.2 Å². The van der Waals surface area contributed by atoms with Crippen molar-refractivity contribution in [1.29, 1.82) is 0 Å². The van der Waals surface area contributed by atoms with E-state index in [1.165, 1.54) is 0 Å². The van der Waals surface area contributed by atoms with Gasteiger partial charge < -0.3 is 10.5 Å². The normalized spacial score (nSPS) is 10.2. The number of nitrogen functional groups attached to an aromatic ring is 1. The Labute approximate surface area is 104 Å². The number of nitrogens with zero attached hydrogens (tertiary/aromatic N) is 2. The first-order valence-electron chi connectivity index (χ1n) is 5.20. The predicted octanol–water partition coefficient (Wildman–Crippen LogP) is 2.33. The third kappa shape index (κ3) is 3.60. The number of halogens is 1. The molecule has 2 N–H and O–H groups in total. The van der Waals surface area contributed by atoms with E-state index in [0.29, 0.717) is 23.3 Å². The first kappa shape index (κ1) is 11.7. The average Bonchev–Trinajstić information content (AvgIpc) is 2.29. The van der Waals surface area contributed by atoms with Gasteiger partial charge in [0.25, 0.3) is 0 Å². The van der Waals surface area contributed by atoms with Crippen LogP contribution < -0.4 is 10.5 Å². The first-order chi connectivity index (χ1) is 8.24. The number of pyridine rings is 2. The standard InChI is InChI=1S/C12H12ClN3O/c13-11-7-9(14)8-12(16-11)17-6-4-10-3-1-2-5-15-10/h1-3,5,7-8H,4,6H2,(H2,14,16). The molecule has 0 aliphatic carbocycles. The Hall–Kier alpha value is -1.81. The highest BCUT2D eigenvalue weighted by molar-refractivity contribution is 6.29. The van der Waals surface area contributed by atoms with Crippen LogP contribution in [-0.4, -0.2) is 16.6 Å². The van der Waals surface area contributed by atoms with Crippen molar-refractivity contribution in [2.24, 2.45) is 0 Å². The molecule has 0 aliphatic heterocycles. The predicted molar refractivity (Wildman–Crippen MR) is 67.1 cm³/mol. The third-order valence-electron chi connectivity index (χ3n) is 2.13. The van der Waals surface area contributed by atoms with Gasteiger partial charge in [-0.15, -0.1) is 0 Å². The Morgan fingerprint density at radius 2 is 2.18 bits per heavy atom. The SMILES string of the molecule is Nc1cc(Cl)nc(OCCc2ccccn2)c1. The lowest BCUT2D eigenvalue weighted by Crippen LogP contribution is -2.04. The summed E-state index contributed by atoms with van der Waals surface area (Å²) in [6, 6.07) is 8.99. The summed E-state index contributed by atoms with van der Waals surface area (Å²) in [7, 11) is 0. The second-order valence-electron chi connectivity index (χ2n) is 3.48. The van der Waals surface area contributed by atoms with Gasteiger partial charge in [0.1, 0.15) is 5.15 Å². The Balaban J connectivity index is 1.90. The zero-order valence-electron chi connectivity index (χ0n) is 9.14. The summed E-state index contributed by atoms with van der Waals surface area (Å²) in [4.78, 5) is 8.20. The molecule has 0 spiro atoms. The second kappa shape index (κ2) is 5.50. The van der Waals surface area contributed by atoms with Gasteiger partial charge in [-0.2, -0.15) is 0 Å². The van der Waals surface area contributed by atoms with E-state index in [0.717, 1.165) is 12.1 Å². The molecule has 0 amide bonds. The number of aromatic nitrogens is 2. The van der Waals surface area contributed by atoms with Crippen LogP contribution >= 0.6 is 11.6 Å². The van der Waals surface area contributed by atoms with Crippen LogP contribution in [-0.2, 0) is 6.42 Å². The number of nitrogens with two attached hydrogens (primary N) is 1. The van der Waals surface area contributed by atoms with Crippen molar-refractivity contribution in [3.05, 3.63) is 47.4 Å². The number of rotatable bonds is 4. The molecule has 17 heavy (non-hydrogen) atoms. The second-order valence-corrected chi connectivity index (χ2v) is 3.87. The van der Waals surface area contributed by atoms with Crippen molar-refractivity contribution < 1.29 is 4.74 Å². The number of ether oxygens (including phenoxy) is 1. The number of hydrogen-bond donors (Lipinski definition) is 1. The quantitative estimate of drug-likeness (QED) is 0.845. The zero-order valence-corrected chi connectivity index (χ0v) is 9.89. The average molecular weight is 250 g/mol. The molecule has 0 unspecified atom stereocenters. The molecule has 0 aromatic carbocycles. The summed E-state index contributed by atoms with van der Waals surface area (Å²) < 4.78 is 5.46. The Morgan fingerprint density at radius 3 is 2.88 bits per heavy atom. The summed E-state index contributed by atoms with van der Waals surface area (Å²) in [6.07, 6.45) is 2.47. The lowest BCUT2D eigenvalue weighted by molar-refractivity contribution is 0.308. The van der Waals surface area contributed by atoms with Crippen molar-refractivity contribution in [3.63, 3.8) is 0 Å². The fourth-order valence-corrected chi connectivity index (χ4v) is 1.58. The number of anilines is 1. The maximum absolute atomic E-state index is 5.76. The lowest BCUT2D eigenvalue weighted by atomic mass is 10.3. The van der Waals surface area contributed by atoms with E-state index < -0.39 is 0 Å². The van der Waals surface area contributed by atoms with Crippen molar-refractivity contribution in [2.75, 3.05) is 12.3 Å². The summed E-state index contributed by atoms with van der Waals surface area (Å²) in [6.45, 7) is 0.490. The van der Waals surface area contributed by atoms with Crippen LogP contribution in [0.2, 0.25) is 5.15 Å². The summed E-state index contributed by atoms with van der Waals surface area (Å²) in [5.41, 5.74) is 7.14. The fraction of sp³-hybridized carbons (Fsp3) is 0.167. The van der Waals surface area contributed by atoms with Gasteiger partial charge in [0.05, 0.1) is 6.61 Å². The molecule has 0 saturated heterocycles. The fourth-order valence-electron chi connectivity index (χ4n) is 1.37. The van der Waals surface area contributed by atoms with Crippen LogP contribution in [0, 0.1) is 0 Å². The van der Waals surface area contributed by atoms with Crippen LogP contribution in [0.1, 0.15) is 5.69 Å². The molecule has 88 valence electrons. The van der Waals surface area contributed by atoms with Crippen LogP contribution in [0.3, 0.4) is 0 Å². The molecule has 0 atom stereocenters. The van der Waals surface area contributed by atoms with E-state index in [-0.39, 0.29) is 0 Å². The van der Waals surface area contributed by atoms with Gasteiger partial charge in [0.15, 0.2) is 0 Å². The third-order valence-corrected chi connectivity index (χ3v) is 2.32. The summed E-state index contributed by atoms with van der Waals surface area (Å²) in [5, 5.41) is 0.331. The highest BCUT2D eigenvalue weighted by Crippen LogP contribution is 2.17. The van der Waals surface area contributed by atoms with Crippen molar-refractivity contribution in [2.45, 2.75) is 6.42 Å². The highest BCUT2D eigenvalue weighted by atomic mass is 35.5. The zero-order chi connectivity index (χ0) is 12.1. The molecule has 2 heterocycles. The monoisotopic (exact) mass is 249 g/mol. The lowest BCUT2D eigenvalue weighted by Gasteiger charge is -2.06. The smallest absolute Gasteiger partial charge is 0.216 e. The molecular formula is C12H12ClN3O. The molecular weight excluding hydrogens is 238 g/mol. The van der Waals surface area contributed by atoms with Crippen LogP contribution in [0.5, 0.6) is 5.88 Å². The van der Waals surface area contributed by atoms with Crippen molar-refractivity contribution in [1.82, 2.24) is 9.97 Å². The maximum atomic E-state index is 5.76. The van der Waals surface area contributed by atoms with E-state index in [9.17, 15) is 0 Å². The van der Waals surface area contributed by atoms with E-state index in [1.807, 2.05) is 18.2 Å². The van der Waals surface area contributed by atoms with E-state index >= 15 is 0 Å². The molecule has 2 aromatic heterocycles. The van der Waals surface area contributed by atoms with Crippen LogP contribution in [0.4, 0.5) is 5.69 Å². The Kier molecular flexibility index (Phi) is 3.77. The largest absolute Gasteiger partial charge is 0.477 e. The molecule has 2 aromatic rings.